The number of carbonyl (C=O) groups is 12. The van der Waals surface area contributed by atoms with Gasteiger partial charge in [0.2, 0.25) is 29.5 Å². The molecule has 3 saturated heterocycles. The molecule has 33 heteroatoms. The predicted molar refractivity (Wildman–Crippen MR) is 416 cm³/mol. The summed E-state index contributed by atoms with van der Waals surface area (Å²) in [6.07, 6.45) is 8.57. The molecule has 0 spiro atoms. The van der Waals surface area contributed by atoms with Gasteiger partial charge in [0, 0.05) is 82.1 Å². The Kier molecular flexibility index (Phi) is 33.1. The Balaban J connectivity index is 0.000000239. The molecule has 6 aromatic rings. The predicted octanol–water partition coefficient (Wildman–Crippen LogP) is 3.03. The third-order valence-electron chi connectivity index (χ3n) is 20.7. The van der Waals surface area contributed by atoms with Crippen LogP contribution in [0.2, 0.25) is 0 Å². The van der Waals surface area contributed by atoms with E-state index < -0.39 is 167 Å². The van der Waals surface area contributed by atoms with Gasteiger partial charge in [0.05, 0.1) is 66.3 Å². The van der Waals surface area contributed by atoms with Gasteiger partial charge >= 0.3 is 5.97 Å². The Labute approximate surface area is 666 Å². The number of amides is 8. The Morgan fingerprint density at radius 2 is 0.783 bits per heavy atom. The van der Waals surface area contributed by atoms with Crippen molar-refractivity contribution in [2.24, 2.45) is 53.3 Å². The van der Waals surface area contributed by atoms with E-state index in [0.717, 1.165) is 11.1 Å². The maximum atomic E-state index is 13.7. The summed E-state index contributed by atoms with van der Waals surface area (Å²) in [5, 5.41) is 82.8. The molecule has 3 unspecified atom stereocenters. The second-order valence-corrected chi connectivity index (χ2v) is 30.8. The lowest BCUT2D eigenvalue weighted by molar-refractivity contribution is -0.166. The number of aliphatic hydroxyl groups is 3. The Bertz CT molecular complexity index is 4190. The number of hydrogen-bond acceptors (Lipinski definition) is 25. The van der Waals surface area contributed by atoms with Crippen LogP contribution in [0.5, 0.6) is 17.2 Å². The average Bonchev–Trinajstić information content (AvgIpc) is 0.825. The van der Waals surface area contributed by atoms with E-state index in [0.29, 0.717) is 5.56 Å². The third-order valence-corrected chi connectivity index (χ3v) is 20.7. The lowest BCUT2D eigenvalue weighted by Gasteiger charge is -2.37. The number of esters is 1. The van der Waals surface area contributed by atoms with E-state index in [-0.39, 0.29) is 102 Å². The minimum absolute atomic E-state index is 0.1000. The van der Waals surface area contributed by atoms with Gasteiger partial charge in [-0.3, -0.25) is 72.5 Å². The van der Waals surface area contributed by atoms with Gasteiger partial charge in [0.15, 0.2) is 40.5 Å². The number of aromatic hydroxyl groups is 3. The van der Waals surface area contributed by atoms with Crippen molar-refractivity contribution in [3.8, 4) is 17.2 Å². The van der Waals surface area contributed by atoms with Crippen molar-refractivity contribution in [2.45, 2.75) is 194 Å². The number of cyclic esters (lactones) is 1. The van der Waals surface area contributed by atoms with Crippen molar-refractivity contribution >= 4 is 70.6 Å². The zero-order valence-corrected chi connectivity index (χ0v) is 66.6. The van der Waals surface area contributed by atoms with Crippen molar-refractivity contribution in [1.82, 2.24) is 72.0 Å². The number of Topliss-reactive ketones (excluding diaryl/α,β-unsaturated/α-hetero) is 3. The summed E-state index contributed by atoms with van der Waals surface area (Å²) >= 11 is 0. The summed E-state index contributed by atoms with van der Waals surface area (Å²) in [5.41, 5.74) is 1.34. The highest BCUT2D eigenvalue weighted by Gasteiger charge is 2.45. The number of nitrogens with one attached hydrogen (secondary N) is 7. The number of likely N-dealkylation sites (N-methyl/N-ethyl adjacent to an activating group) is 1. The van der Waals surface area contributed by atoms with Crippen LogP contribution in [0.25, 0.3) is 0 Å². The Morgan fingerprint density at radius 1 is 0.443 bits per heavy atom. The van der Waals surface area contributed by atoms with E-state index in [1.807, 2.05) is 13.8 Å². The van der Waals surface area contributed by atoms with Crippen molar-refractivity contribution in [3.05, 3.63) is 162 Å². The van der Waals surface area contributed by atoms with Crippen LogP contribution in [0.1, 0.15) is 151 Å². The summed E-state index contributed by atoms with van der Waals surface area (Å²) < 4.78 is 5.55. The van der Waals surface area contributed by atoms with E-state index >= 15 is 0 Å². The molecule has 3 aliphatic rings. The highest BCUT2D eigenvalue weighted by molar-refractivity contribution is 6.01. The van der Waals surface area contributed by atoms with Gasteiger partial charge in [-0.1, -0.05) is 94.4 Å². The van der Waals surface area contributed by atoms with Crippen LogP contribution in [-0.2, 0) is 67.2 Å². The Morgan fingerprint density at radius 3 is 1.11 bits per heavy atom. The van der Waals surface area contributed by atoms with Crippen LogP contribution in [0.4, 0.5) is 0 Å². The van der Waals surface area contributed by atoms with E-state index in [1.54, 1.807) is 136 Å². The number of aliphatic hydroxyl groups excluding tert-OH is 3. The molecule has 9 rings (SSSR count). The molecule has 33 nitrogen and oxygen atoms in total. The molecule has 13 N–H and O–H groups in total. The first-order valence-corrected chi connectivity index (χ1v) is 38.2. The van der Waals surface area contributed by atoms with Crippen molar-refractivity contribution in [2.75, 3.05) is 7.05 Å². The van der Waals surface area contributed by atoms with E-state index in [4.69, 9.17) is 4.74 Å². The topological polar surface area (TPSA) is 500 Å². The zero-order chi connectivity index (χ0) is 84.8. The lowest BCUT2D eigenvalue weighted by atomic mass is 9.85. The molecular formula is C82H106N14O19. The minimum Gasteiger partial charge on any atom is -0.505 e. The fourth-order valence-electron chi connectivity index (χ4n) is 14.0. The molecule has 0 aromatic carbocycles. The summed E-state index contributed by atoms with van der Waals surface area (Å²) in [4.78, 5) is 184. The van der Waals surface area contributed by atoms with E-state index in [2.05, 4.69) is 67.1 Å². The number of ether oxygens (including phenoxy) is 1. The molecule has 9 heterocycles. The molecule has 0 bridgehead atoms. The zero-order valence-electron chi connectivity index (χ0n) is 66.6. The van der Waals surface area contributed by atoms with Crippen molar-refractivity contribution in [3.63, 3.8) is 0 Å². The molecule has 0 saturated carbocycles. The molecular weight excluding hydrogens is 1480 g/mol. The van der Waals surface area contributed by atoms with E-state index in [1.165, 1.54) is 73.7 Å². The molecule has 3 fully saturated rings. The molecule has 115 heavy (non-hydrogen) atoms. The number of nitrogens with zero attached hydrogens (tertiary/aromatic N) is 7. The average molecular weight is 1590 g/mol. The van der Waals surface area contributed by atoms with Crippen molar-refractivity contribution in [1.29, 1.82) is 0 Å². The minimum atomic E-state index is -1.37. The highest BCUT2D eigenvalue weighted by Crippen LogP contribution is 2.28. The van der Waals surface area contributed by atoms with Crippen LogP contribution >= 0.6 is 0 Å². The largest absolute Gasteiger partial charge is 0.505 e. The monoisotopic (exact) mass is 1590 g/mol. The number of rotatable bonds is 15. The summed E-state index contributed by atoms with van der Waals surface area (Å²) in [6, 6.07) is 10.8. The molecule has 18 atom stereocenters. The van der Waals surface area contributed by atoms with Gasteiger partial charge in [-0.15, -0.1) is 0 Å². The summed E-state index contributed by atoms with van der Waals surface area (Å²) in [6.45, 7) is 20.2. The smallest absolute Gasteiger partial charge is 0.312 e. The molecule has 618 valence electrons. The van der Waals surface area contributed by atoms with Gasteiger partial charge < -0.3 is 77.5 Å². The molecule has 0 aliphatic carbocycles. The number of aromatic nitrogens is 6. The maximum absolute atomic E-state index is 13.7. The fourth-order valence-corrected chi connectivity index (χ4v) is 14.0. The van der Waals surface area contributed by atoms with Crippen molar-refractivity contribution < 1.29 is 92.9 Å². The SMILES string of the molecule is CC(C)C1C(=O)C[C@H](C)[C@H](NC(=O)c2ncccc2O)C(=O)N[C@@H](Cc2cccnc2)[C@@H](O)[C@@H](C)C(=O)N1C.CC(C)C1NC(=O)[C@H](C)[C@H](O)[C@H](Cc2cccnc2)NC(=O)[C@@H](NC(=O)c2ncccc2O)[C@@H](C)CC1=O.CC(C)C1OC(=O)[C@H](C)[C@H](O)[C@H](Cc2cccnc2)NC(=O)[C@@H](NC(=O)c2ncccc2O)[C@@H](C)CC1=O. The quantitative estimate of drug-likeness (QED) is 0.0657. The van der Waals surface area contributed by atoms with Crippen LogP contribution in [0.15, 0.2) is 129 Å². The van der Waals surface area contributed by atoms with Crippen LogP contribution in [-0.4, -0.2) is 216 Å². The summed E-state index contributed by atoms with van der Waals surface area (Å²) in [5.74, 6) is -14.0. The molecule has 8 amide bonds. The first-order valence-electron chi connectivity index (χ1n) is 38.2. The highest BCUT2D eigenvalue weighted by atomic mass is 16.5. The first-order chi connectivity index (χ1) is 54.4. The number of carbonyl (C=O) groups excluding carboxylic acids is 12. The van der Waals surface area contributed by atoms with Gasteiger partial charge in [0.25, 0.3) is 17.7 Å². The lowest BCUT2D eigenvalue weighted by Crippen LogP contribution is -2.59. The first kappa shape index (κ1) is 90.6. The van der Waals surface area contributed by atoms with E-state index in [9.17, 15) is 88.2 Å². The maximum Gasteiger partial charge on any atom is 0.312 e. The van der Waals surface area contributed by atoms with Gasteiger partial charge in [-0.25, -0.2) is 15.0 Å². The number of hydrogen-bond donors (Lipinski definition) is 13. The third kappa shape index (κ3) is 24.5. The fraction of sp³-hybridized carbons (Fsp3) is 0.488. The van der Waals surface area contributed by atoms with Crippen LogP contribution in [0, 0.1) is 53.3 Å². The van der Waals surface area contributed by atoms with Crippen LogP contribution in [0.3, 0.4) is 0 Å². The second kappa shape index (κ2) is 42.0. The molecule has 0 radical (unpaired) electrons. The normalized spacial score (nSPS) is 27.0. The van der Waals surface area contributed by atoms with Gasteiger partial charge in [0.1, 0.15) is 35.4 Å². The number of ketones is 3. The second-order valence-electron chi connectivity index (χ2n) is 30.8. The van der Waals surface area contributed by atoms with Gasteiger partial charge in [-0.05, 0) is 133 Å². The number of pyridine rings is 6. The molecule has 3 aliphatic heterocycles. The van der Waals surface area contributed by atoms with Gasteiger partial charge in [-0.2, -0.15) is 0 Å². The van der Waals surface area contributed by atoms with Crippen LogP contribution < -0.4 is 37.2 Å². The molecule has 6 aromatic heterocycles. The Hall–Kier alpha value is -11.6. The summed E-state index contributed by atoms with van der Waals surface area (Å²) in [7, 11) is 1.54. The standard InChI is InChI=1S/C28H37N5O6.C27H35N5O6.C27H34N4O7/c1-15(2)24-21(35)12-16(3)22(32-27(38)23-20(34)9-7-11-30-23)26(37)31-19(13-18-8-6-10-29-14-18)25(36)17(4)28(39)33(24)5;1-14(2)21-20(34)11-15(3)22(32-27(38)23-19(33)8-6-10-29-23)26(37)30-18(12-17-7-5-9-28-13-17)24(35)16(4)25(36)31-21;1-14(2)24-20(33)11-15(3)21(31-26(36)22-19(32)8-6-10-29-22)25(35)30-18(12-17-7-5-9-28-13-17)23(34)16(4)27(37)38-24/h6-11,14-17,19,22,24-25,34,36H,12-13H2,1-5H3,(H,31,37)(H,32,38);5-10,13-16,18,21-22,24,33,35H,11-12H2,1-4H3,(H,30,37)(H,31,36)(H,32,38);5-10,13-16,18,21,23-24,32,34H,11-12H2,1-4H3,(H,30,35)(H,31,36)/t16-,17+,19-,22-,24?,25-;15-,16+,18-,21?,22-,24-;15-,16+,18-,21-,23-,24?/m000/s1.